The highest BCUT2D eigenvalue weighted by Gasteiger charge is 2.28. The number of carbonyl (C=O) groups is 2. The Hall–Kier alpha value is -2.84. The number of thiazole rings is 1. The predicted octanol–water partition coefficient (Wildman–Crippen LogP) is 3.89. The van der Waals surface area contributed by atoms with Crippen LogP contribution in [0, 0.1) is 5.92 Å². The molecule has 0 bridgehead atoms. The fraction of sp³-hybridized carbons (Fsp3) is 0.364. The van der Waals surface area contributed by atoms with Gasteiger partial charge in [0.05, 0.1) is 29.9 Å². The average Bonchev–Trinajstić information content (AvgIpc) is 3.25. The van der Waals surface area contributed by atoms with Crippen LogP contribution in [0.4, 0.5) is 5.13 Å². The molecule has 1 N–H and O–H groups in total. The summed E-state index contributed by atoms with van der Waals surface area (Å²) in [5, 5.41) is 5.96. The van der Waals surface area contributed by atoms with Crippen LogP contribution in [0.5, 0.6) is 0 Å². The molecule has 1 atom stereocenters. The van der Waals surface area contributed by atoms with Gasteiger partial charge in [0.25, 0.3) is 5.91 Å². The van der Waals surface area contributed by atoms with E-state index in [1.807, 2.05) is 48.4 Å². The zero-order valence-electron chi connectivity index (χ0n) is 17.0. The molecule has 3 aromatic rings. The molecule has 1 aliphatic rings. The Balaban J connectivity index is 1.64. The number of ether oxygens (including phenoxy) is 1. The van der Waals surface area contributed by atoms with Gasteiger partial charge in [0.2, 0.25) is 5.91 Å². The lowest BCUT2D eigenvalue weighted by molar-refractivity contribution is -0.139. The minimum atomic E-state index is -0.370. The lowest BCUT2D eigenvalue weighted by Crippen LogP contribution is -2.42. The Kier molecular flexibility index (Phi) is 6.06. The monoisotopic (exact) mass is 424 g/mol. The van der Waals surface area contributed by atoms with E-state index in [0.29, 0.717) is 53.9 Å². The summed E-state index contributed by atoms with van der Waals surface area (Å²) in [5.41, 5.74) is 1.88. The van der Waals surface area contributed by atoms with E-state index in [0.717, 1.165) is 5.39 Å². The Bertz CT molecular complexity index is 1050. The molecule has 0 radical (unpaired) electrons. The molecule has 1 saturated heterocycles. The van der Waals surface area contributed by atoms with Crippen LogP contribution in [-0.2, 0) is 9.53 Å². The van der Waals surface area contributed by atoms with Crippen molar-refractivity contribution in [1.82, 2.24) is 14.9 Å². The molecule has 8 heteroatoms. The fourth-order valence-electron chi connectivity index (χ4n) is 3.53. The van der Waals surface area contributed by atoms with Crippen molar-refractivity contribution in [3.05, 3.63) is 53.2 Å². The number of hydrogen-bond acceptors (Lipinski definition) is 6. The highest BCUT2D eigenvalue weighted by molar-refractivity contribution is 7.13. The standard InChI is InChI=1S/C22H24N4O3S/c1-14(2)11-20(27)26-8-9-29-19(13-26)18-12-16(15-5-3-4-6-17(15)24-18)21(28)25-22-23-7-10-30-22/h3-7,10,12,14,19H,8-9,11,13H2,1-2H3,(H,23,25,28). The number of benzene rings is 1. The van der Waals surface area contributed by atoms with E-state index in [9.17, 15) is 9.59 Å². The van der Waals surface area contributed by atoms with E-state index in [1.54, 1.807) is 12.3 Å². The minimum absolute atomic E-state index is 0.126. The molecule has 1 aliphatic heterocycles. The van der Waals surface area contributed by atoms with Crippen LogP contribution in [0.2, 0.25) is 0 Å². The van der Waals surface area contributed by atoms with E-state index in [1.165, 1.54) is 11.3 Å². The van der Waals surface area contributed by atoms with Gasteiger partial charge >= 0.3 is 0 Å². The number of carbonyl (C=O) groups excluding carboxylic acids is 2. The van der Waals surface area contributed by atoms with Crippen molar-refractivity contribution in [3.63, 3.8) is 0 Å². The molecule has 156 valence electrons. The van der Waals surface area contributed by atoms with Gasteiger partial charge in [0.15, 0.2) is 5.13 Å². The number of nitrogens with zero attached hydrogens (tertiary/aromatic N) is 3. The summed E-state index contributed by atoms with van der Waals surface area (Å²) in [5.74, 6) is 0.188. The SMILES string of the molecule is CC(C)CC(=O)N1CCOC(c2cc(C(=O)Nc3nccs3)c3ccccc3n2)C1. The van der Waals surface area contributed by atoms with Crippen LogP contribution < -0.4 is 5.32 Å². The van der Waals surface area contributed by atoms with E-state index in [2.05, 4.69) is 10.3 Å². The summed E-state index contributed by atoms with van der Waals surface area (Å²) >= 11 is 1.36. The summed E-state index contributed by atoms with van der Waals surface area (Å²) in [6.07, 6.45) is 1.79. The molecule has 1 aromatic carbocycles. The minimum Gasteiger partial charge on any atom is -0.368 e. The summed E-state index contributed by atoms with van der Waals surface area (Å²) in [4.78, 5) is 36.2. The van der Waals surface area contributed by atoms with Crippen molar-refractivity contribution >= 4 is 39.2 Å². The van der Waals surface area contributed by atoms with E-state index in [4.69, 9.17) is 9.72 Å². The van der Waals surface area contributed by atoms with Crippen molar-refractivity contribution in [2.45, 2.75) is 26.4 Å². The highest BCUT2D eigenvalue weighted by atomic mass is 32.1. The van der Waals surface area contributed by atoms with E-state index < -0.39 is 0 Å². The first-order chi connectivity index (χ1) is 14.5. The Morgan fingerprint density at radius 1 is 1.33 bits per heavy atom. The van der Waals surface area contributed by atoms with Gasteiger partial charge in [-0.25, -0.2) is 9.97 Å². The van der Waals surface area contributed by atoms with Crippen LogP contribution >= 0.6 is 11.3 Å². The fourth-order valence-corrected chi connectivity index (χ4v) is 4.06. The number of hydrogen-bond donors (Lipinski definition) is 1. The van der Waals surface area contributed by atoms with Crippen molar-refractivity contribution in [2.24, 2.45) is 5.92 Å². The number of para-hydroxylation sites is 1. The quantitative estimate of drug-likeness (QED) is 0.672. The smallest absolute Gasteiger partial charge is 0.258 e. The van der Waals surface area contributed by atoms with Gasteiger partial charge in [-0.2, -0.15) is 0 Å². The molecular formula is C22H24N4O3S. The Labute approximate surface area is 179 Å². The molecule has 2 amide bonds. The maximum absolute atomic E-state index is 13.0. The van der Waals surface area contributed by atoms with Gasteiger partial charge in [-0.05, 0) is 18.1 Å². The first-order valence-corrected chi connectivity index (χ1v) is 10.9. The number of anilines is 1. The molecule has 1 unspecified atom stereocenters. The third kappa shape index (κ3) is 4.49. The molecule has 7 nitrogen and oxygen atoms in total. The average molecular weight is 425 g/mol. The predicted molar refractivity (Wildman–Crippen MR) is 117 cm³/mol. The molecule has 4 rings (SSSR count). The summed E-state index contributed by atoms with van der Waals surface area (Å²) in [6.45, 7) is 5.53. The van der Waals surface area contributed by atoms with Crippen LogP contribution in [0.15, 0.2) is 41.9 Å². The molecule has 3 heterocycles. The third-order valence-electron chi connectivity index (χ3n) is 4.97. The van der Waals surface area contributed by atoms with Gasteiger partial charge in [0.1, 0.15) is 6.10 Å². The summed E-state index contributed by atoms with van der Waals surface area (Å²) < 4.78 is 5.94. The van der Waals surface area contributed by atoms with Crippen LogP contribution in [0.25, 0.3) is 10.9 Å². The third-order valence-corrected chi connectivity index (χ3v) is 5.65. The topological polar surface area (TPSA) is 84.4 Å². The second-order valence-corrected chi connectivity index (χ2v) is 8.59. The van der Waals surface area contributed by atoms with E-state index in [-0.39, 0.29) is 17.9 Å². The Morgan fingerprint density at radius 3 is 2.93 bits per heavy atom. The van der Waals surface area contributed by atoms with Gasteiger partial charge in [-0.1, -0.05) is 32.0 Å². The number of pyridine rings is 1. The Morgan fingerprint density at radius 2 is 2.17 bits per heavy atom. The van der Waals surface area contributed by atoms with Crippen molar-refractivity contribution in [2.75, 3.05) is 25.0 Å². The number of fused-ring (bicyclic) bond motifs is 1. The van der Waals surface area contributed by atoms with Crippen molar-refractivity contribution in [1.29, 1.82) is 0 Å². The second kappa shape index (κ2) is 8.89. The first kappa shape index (κ1) is 20.4. The van der Waals surface area contributed by atoms with Crippen LogP contribution in [-0.4, -0.2) is 46.4 Å². The number of nitrogens with one attached hydrogen (secondary N) is 1. The summed E-state index contributed by atoms with van der Waals surface area (Å²) in [6, 6.07) is 9.30. The van der Waals surface area contributed by atoms with Gasteiger partial charge in [-0.3, -0.25) is 14.9 Å². The highest BCUT2D eigenvalue weighted by Crippen LogP contribution is 2.27. The summed E-state index contributed by atoms with van der Waals surface area (Å²) in [7, 11) is 0. The number of amides is 2. The maximum atomic E-state index is 13.0. The van der Waals surface area contributed by atoms with E-state index >= 15 is 0 Å². The van der Waals surface area contributed by atoms with Gasteiger partial charge < -0.3 is 9.64 Å². The van der Waals surface area contributed by atoms with Gasteiger partial charge in [-0.15, -0.1) is 11.3 Å². The van der Waals surface area contributed by atoms with Crippen LogP contribution in [0.1, 0.15) is 42.4 Å². The second-order valence-electron chi connectivity index (χ2n) is 7.70. The maximum Gasteiger partial charge on any atom is 0.258 e. The largest absolute Gasteiger partial charge is 0.368 e. The molecule has 2 aromatic heterocycles. The molecular weight excluding hydrogens is 400 g/mol. The number of aromatic nitrogens is 2. The zero-order chi connectivity index (χ0) is 21.1. The van der Waals surface area contributed by atoms with Crippen LogP contribution in [0.3, 0.4) is 0 Å². The van der Waals surface area contributed by atoms with Crippen molar-refractivity contribution in [3.8, 4) is 0 Å². The zero-order valence-corrected chi connectivity index (χ0v) is 17.8. The molecule has 0 spiro atoms. The number of morpholine rings is 1. The normalized spacial score (nSPS) is 16.8. The molecule has 0 aliphatic carbocycles. The lowest BCUT2D eigenvalue weighted by Gasteiger charge is -2.33. The molecule has 30 heavy (non-hydrogen) atoms. The lowest BCUT2D eigenvalue weighted by atomic mass is 10.0. The number of rotatable bonds is 5. The molecule has 0 saturated carbocycles. The molecule has 1 fully saturated rings. The first-order valence-electron chi connectivity index (χ1n) is 10.0. The van der Waals surface area contributed by atoms with Gasteiger partial charge in [0, 0.05) is 29.9 Å². The van der Waals surface area contributed by atoms with Crippen molar-refractivity contribution < 1.29 is 14.3 Å².